The van der Waals surface area contributed by atoms with E-state index in [-0.39, 0.29) is 161 Å². The van der Waals surface area contributed by atoms with Crippen molar-refractivity contribution < 1.29 is 93.8 Å². The summed E-state index contributed by atoms with van der Waals surface area (Å²) in [5.74, 6) is -0.860. The van der Waals surface area contributed by atoms with E-state index in [4.69, 9.17) is 0 Å². The number of rotatable bonds is 9. The van der Waals surface area contributed by atoms with Crippen molar-refractivity contribution in [2.45, 2.75) is 123 Å². The Morgan fingerprint density at radius 1 is 0.403 bits per heavy atom. The van der Waals surface area contributed by atoms with Crippen LogP contribution in [0.2, 0.25) is 0 Å². The SMILES string of the molecule is Br.CC(C)(C)C1CC(=O)N(C[N+](C)(C)C)C1=O.CC(C)(C)C1CC(=O)N(C[P+](c2ccccc2)(c2ccccc2)c2ccccc2)C1=O.CCN1C(=O)CC(C(C)(C)C)C1=O.CCN1C(=O)CC(C(C)(C)C)C1=O.[Br-].[Br-].[Br-]. The predicted octanol–water partition coefficient (Wildman–Crippen LogP) is -0.125. The van der Waals surface area contributed by atoms with Crippen LogP contribution in [-0.2, 0) is 38.4 Å². The smallest absolute Gasteiger partial charge is 0.237 e. The van der Waals surface area contributed by atoms with E-state index in [1.165, 1.54) is 30.6 Å². The molecule has 0 spiro atoms. The molecule has 0 aromatic heterocycles. The second kappa shape index (κ2) is 29.3. The molecule has 4 aliphatic rings. The average molecular weight is 1340 g/mol. The highest BCUT2D eigenvalue weighted by atomic mass is 79.9. The van der Waals surface area contributed by atoms with Gasteiger partial charge < -0.3 is 55.4 Å². The van der Waals surface area contributed by atoms with Crippen LogP contribution in [0.4, 0.5) is 0 Å². The number of nitrogens with zero attached hydrogens (tertiary/aromatic N) is 5. The van der Waals surface area contributed by atoms with Crippen LogP contribution in [0.3, 0.4) is 0 Å². The molecule has 8 amide bonds. The summed E-state index contributed by atoms with van der Waals surface area (Å²) in [4.78, 5) is 102. The molecule has 0 bridgehead atoms. The van der Waals surface area contributed by atoms with Gasteiger partial charge in [-0.1, -0.05) is 138 Å². The van der Waals surface area contributed by atoms with E-state index < -0.39 is 7.26 Å². The lowest BCUT2D eigenvalue weighted by atomic mass is 9.80. The Bertz CT molecular complexity index is 2330. The standard InChI is InChI=1S/C27H29NO2P.C12H23N2O2.2C10H17NO2.4BrH/c1-27(2,3)24-19-25(29)28(26(24)30)20-31(21-13-7-4-8-14-21,22-15-9-5-10-16-22)23-17-11-6-12-18-23;1-12(2,3)9-7-10(15)13(11(9)16)8-14(4,5)6;2*1-5-11-8(12)6-7(9(11)13)10(2,3)4;;;;/h4-18,24H,19-20H2,1-3H3;9H,7-8H2,1-6H3;2*7H,5-6H2,1-4H3;4*1H/q2*+1;;;;;;/p-3. The summed E-state index contributed by atoms with van der Waals surface area (Å²) in [5.41, 5.74) is -0.575. The first-order chi connectivity index (χ1) is 33.6. The minimum atomic E-state index is -2.27. The van der Waals surface area contributed by atoms with Gasteiger partial charge in [-0.3, -0.25) is 48.2 Å². The summed E-state index contributed by atoms with van der Waals surface area (Å²) in [6.45, 7) is 29.3. The highest BCUT2D eigenvalue weighted by Crippen LogP contribution is 2.57. The number of imide groups is 4. The molecule has 7 rings (SSSR count). The molecular weight excluding hydrogens is 1260 g/mol. The Labute approximate surface area is 503 Å². The first kappa shape index (κ1) is 73.5. The van der Waals surface area contributed by atoms with Gasteiger partial charge in [0.25, 0.3) is 0 Å². The fraction of sp³-hybridized carbons (Fsp3) is 0.559. The van der Waals surface area contributed by atoms with Crippen LogP contribution in [0.1, 0.15) is 123 Å². The van der Waals surface area contributed by atoms with Crippen LogP contribution in [0.5, 0.6) is 0 Å². The van der Waals surface area contributed by atoms with Gasteiger partial charge in [0.1, 0.15) is 23.2 Å². The van der Waals surface area contributed by atoms with Gasteiger partial charge in [-0.2, -0.15) is 0 Å². The normalized spacial score (nSPS) is 20.0. The molecule has 3 aromatic carbocycles. The van der Waals surface area contributed by atoms with Crippen LogP contribution in [0.25, 0.3) is 0 Å². The average Bonchev–Trinajstić information content (AvgIpc) is 3.97. The number of carbonyl (C=O) groups excluding carboxylic acids is 8. The van der Waals surface area contributed by atoms with Gasteiger partial charge in [0, 0.05) is 38.8 Å². The number of carbonyl (C=O) groups is 8. The maximum atomic E-state index is 13.5. The number of amides is 8. The van der Waals surface area contributed by atoms with Crippen molar-refractivity contribution in [3.63, 3.8) is 0 Å². The molecule has 4 saturated heterocycles. The van der Waals surface area contributed by atoms with Gasteiger partial charge in [-0.25, -0.2) is 9.80 Å². The topological polar surface area (TPSA) is 150 Å². The largest absolute Gasteiger partial charge is 1.00 e. The zero-order valence-corrected chi connectivity index (χ0v) is 56.0. The van der Waals surface area contributed by atoms with Crippen LogP contribution in [0.15, 0.2) is 91.0 Å². The second-order valence-electron chi connectivity index (χ2n) is 25.2. The lowest BCUT2D eigenvalue weighted by Gasteiger charge is -2.31. The minimum absolute atomic E-state index is 0. The van der Waals surface area contributed by atoms with E-state index in [0.29, 0.717) is 56.2 Å². The van der Waals surface area contributed by atoms with Gasteiger partial charge >= 0.3 is 0 Å². The minimum Gasteiger partial charge on any atom is -1.00 e. The van der Waals surface area contributed by atoms with Crippen LogP contribution in [0, 0.1) is 45.3 Å². The van der Waals surface area contributed by atoms with E-state index in [2.05, 4.69) is 36.4 Å². The van der Waals surface area contributed by atoms with Gasteiger partial charge in [-0.05, 0) is 71.9 Å². The Morgan fingerprint density at radius 2 is 0.623 bits per heavy atom. The Kier molecular flexibility index (Phi) is 28.0. The Balaban J connectivity index is 0.00000107. The molecule has 0 aliphatic carbocycles. The van der Waals surface area contributed by atoms with Gasteiger partial charge in [-0.15, -0.1) is 17.0 Å². The molecule has 4 heterocycles. The maximum absolute atomic E-state index is 13.5. The van der Waals surface area contributed by atoms with Crippen LogP contribution >= 0.6 is 24.2 Å². The van der Waals surface area contributed by atoms with Crippen molar-refractivity contribution in [1.82, 2.24) is 19.6 Å². The Morgan fingerprint density at radius 3 is 0.831 bits per heavy atom. The quantitative estimate of drug-likeness (QED) is 0.164. The molecule has 0 radical (unpaired) electrons. The fourth-order valence-electron chi connectivity index (χ4n) is 9.78. The summed E-state index contributed by atoms with van der Waals surface area (Å²) in [7, 11) is 3.66. The van der Waals surface area contributed by atoms with Gasteiger partial charge in [0.2, 0.25) is 47.3 Å². The number of likely N-dealkylation sites (tertiary alicyclic amines) is 4. The predicted molar refractivity (Wildman–Crippen MR) is 302 cm³/mol. The van der Waals surface area contributed by atoms with Gasteiger partial charge in [0.05, 0.1) is 44.8 Å². The second-order valence-corrected chi connectivity index (χ2v) is 28.6. The number of halogens is 4. The molecule has 3 aromatic rings. The molecule has 18 heteroatoms. The number of quaternary nitrogens is 1. The van der Waals surface area contributed by atoms with Crippen molar-refractivity contribution in [3.05, 3.63) is 91.0 Å². The third-order valence-corrected chi connectivity index (χ3v) is 18.5. The molecule has 13 nitrogen and oxygen atoms in total. The molecule has 0 N–H and O–H groups in total. The summed E-state index contributed by atoms with van der Waals surface area (Å²) in [6.07, 6.45) is 1.82. The highest BCUT2D eigenvalue weighted by molar-refractivity contribution is 8.93. The van der Waals surface area contributed by atoms with Crippen LogP contribution in [-0.4, -0.2) is 119 Å². The fourth-order valence-corrected chi connectivity index (χ4v) is 13.9. The monoisotopic (exact) mass is 1340 g/mol. The zero-order valence-electron chi connectivity index (χ0n) is 48.6. The molecule has 4 atom stereocenters. The number of hydrogen-bond acceptors (Lipinski definition) is 8. The number of benzene rings is 3. The summed E-state index contributed by atoms with van der Waals surface area (Å²) in [6, 6.07) is 31.1. The van der Waals surface area contributed by atoms with Gasteiger partial charge in [0.15, 0.2) is 13.0 Å². The summed E-state index contributed by atoms with van der Waals surface area (Å²) >= 11 is 0. The first-order valence-electron chi connectivity index (χ1n) is 25.8. The lowest BCUT2D eigenvalue weighted by Crippen LogP contribution is -3.00. The summed E-state index contributed by atoms with van der Waals surface area (Å²) in [5, 5.41) is 3.52. The van der Waals surface area contributed by atoms with E-state index in [1.807, 2.05) is 173 Å². The maximum Gasteiger partial charge on any atom is 0.237 e. The van der Waals surface area contributed by atoms with E-state index >= 15 is 0 Å². The first-order valence-corrected chi connectivity index (χ1v) is 27.8. The van der Waals surface area contributed by atoms with E-state index in [0.717, 1.165) is 0 Å². The third kappa shape index (κ3) is 18.3. The van der Waals surface area contributed by atoms with Crippen molar-refractivity contribution in [3.8, 4) is 0 Å². The zero-order chi connectivity index (χ0) is 55.2. The molecule has 4 unspecified atom stereocenters. The van der Waals surface area contributed by atoms with Crippen molar-refractivity contribution in [2.24, 2.45) is 45.3 Å². The molecule has 4 aliphatic heterocycles. The van der Waals surface area contributed by atoms with Crippen LogP contribution < -0.4 is 66.9 Å². The highest BCUT2D eigenvalue weighted by Gasteiger charge is 2.54. The van der Waals surface area contributed by atoms with E-state index in [1.54, 1.807) is 4.90 Å². The number of hydrogen-bond donors (Lipinski definition) is 0. The lowest BCUT2D eigenvalue weighted by molar-refractivity contribution is -0.877. The van der Waals surface area contributed by atoms with Crippen molar-refractivity contribution in [2.75, 3.05) is 47.2 Å². The molecule has 430 valence electrons. The molecule has 0 saturated carbocycles. The summed E-state index contributed by atoms with van der Waals surface area (Å²) < 4.78 is 0.592. The van der Waals surface area contributed by atoms with E-state index in [9.17, 15) is 38.4 Å². The Hall–Kier alpha value is -3.47. The molecular formula is C59H87Br4N5O8P-. The third-order valence-electron chi connectivity index (χ3n) is 14.3. The van der Waals surface area contributed by atoms with Crippen molar-refractivity contribution >= 4 is 87.4 Å². The van der Waals surface area contributed by atoms with Crippen molar-refractivity contribution in [1.29, 1.82) is 0 Å². The molecule has 77 heavy (non-hydrogen) atoms. The molecule has 4 fully saturated rings.